The topological polar surface area (TPSA) is 64.7 Å². The van der Waals surface area contributed by atoms with Gasteiger partial charge in [-0.25, -0.2) is 0 Å². The van der Waals surface area contributed by atoms with Crippen LogP contribution in [0.1, 0.15) is 50.5 Å². The third kappa shape index (κ3) is 3.22. The maximum atomic E-state index is 11.5. The average Bonchev–Trinajstić information content (AvgIpc) is 2.88. The van der Waals surface area contributed by atoms with Gasteiger partial charge in [-0.3, -0.25) is 4.79 Å². The number of Topliss-reactive ketones (excluding diaryl/α,β-unsaturated/α-hetero) is 1. The lowest BCUT2D eigenvalue weighted by Crippen LogP contribution is -2.30. The molecule has 0 aliphatic rings. The minimum absolute atomic E-state index is 0.104. The first-order valence-corrected chi connectivity index (χ1v) is 7.30. The highest BCUT2D eigenvalue weighted by Crippen LogP contribution is 2.40. The van der Waals surface area contributed by atoms with Crippen molar-refractivity contribution >= 4 is 17.1 Å². The van der Waals surface area contributed by atoms with Gasteiger partial charge in [-0.2, -0.15) is 10.5 Å². The number of hydrogen-bond donors (Lipinski definition) is 0. The molecule has 0 amide bonds. The largest absolute Gasteiger partial charge is 0.300 e. The lowest BCUT2D eigenvalue weighted by atomic mass is 9.73. The fraction of sp³-hybridized carbons (Fsp3) is 0.533. The molecule has 0 aromatic carbocycles. The van der Waals surface area contributed by atoms with Crippen molar-refractivity contribution in [1.82, 2.24) is 0 Å². The van der Waals surface area contributed by atoms with E-state index in [4.69, 9.17) is 5.26 Å². The van der Waals surface area contributed by atoms with Gasteiger partial charge in [0.05, 0.1) is 17.0 Å². The van der Waals surface area contributed by atoms with Gasteiger partial charge in [-0.05, 0) is 18.4 Å². The van der Waals surface area contributed by atoms with Crippen molar-refractivity contribution in [3.8, 4) is 12.1 Å². The summed E-state index contributed by atoms with van der Waals surface area (Å²) in [5, 5.41) is 20.3. The van der Waals surface area contributed by atoms with Gasteiger partial charge >= 0.3 is 0 Å². The van der Waals surface area contributed by atoms with Gasteiger partial charge < -0.3 is 0 Å². The number of rotatable bonds is 6. The van der Waals surface area contributed by atoms with E-state index in [1.807, 2.05) is 20.8 Å². The van der Waals surface area contributed by atoms with E-state index in [0.29, 0.717) is 24.8 Å². The van der Waals surface area contributed by atoms with Crippen LogP contribution in [0.3, 0.4) is 0 Å². The molecule has 0 spiro atoms. The number of nitriles is 2. The van der Waals surface area contributed by atoms with E-state index in [0.717, 1.165) is 4.88 Å². The Hall–Kier alpha value is -1.65. The molecule has 0 fully saturated rings. The molecule has 0 bridgehead atoms. The zero-order valence-electron chi connectivity index (χ0n) is 11.6. The number of carbonyl (C=O) groups is 1. The van der Waals surface area contributed by atoms with Gasteiger partial charge in [0.25, 0.3) is 0 Å². The summed E-state index contributed by atoms with van der Waals surface area (Å²) in [6, 6.07) is 6.27. The van der Waals surface area contributed by atoms with Crippen LogP contribution in [0.2, 0.25) is 0 Å². The summed E-state index contributed by atoms with van der Waals surface area (Å²) in [6.45, 7) is 5.82. The van der Waals surface area contributed by atoms with Crippen LogP contribution in [-0.4, -0.2) is 5.78 Å². The summed E-state index contributed by atoms with van der Waals surface area (Å²) in [6.07, 6.45) is 1.45. The molecule has 0 saturated heterocycles. The fourth-order valence-electron chi connectivity index (χ4n) is 2.08. The van der Waals surface area contributed by atoms with Crippen LogP contribution in [-0.2, 0) is 10.2 Å². The second kappa shape index (κ2) is 6.50. The first-order valence-electron chi connectivity index (χ1n) is 6.42. The maximum Gasteiger partial charge on any atom is 0.132 e. The van der Waals surface area contributed by atoms with Crippen LogP contribution in [0.15, 0.2) is 11.4 Å². The molecule has 100 valence electrons. The molecular formula is C15H18N2OS. The third-order valence-electron chi connectivity index (χ3n) is 3.55. The van der Waals surface area contributed by atoms with Gasteiger partial charge in [0, 0.05) is 23.1 Å². The Labute approximate surface area is 118 Å². The highest BCUT2D eigenvalue weighted by molar-refractivity contribution is 7.10. The van der Waals surface area contributed by atoms with E-state index in [-0.39, 0.29) is 11.7 Å². The molecule has 1 unspecified atom stereocenters. The Morgan fingerprint density at radius 2 is 2.16 bits per heavy atom. The van der Waals surface area contributed by atoms with E-state index in [2.05, 4.69) is 12.1 Å². The SMILES string of the molecule is CCC(=O)CCC(C#N)(c1cc(C#N)cs1)C(C)C. The lowest BCUT2D eigenvalue weighted by Gasteiger charge is -2.29. The van der Waals surface area contributed by atoms with Crippen molar-refractivity contribution in [1.29, 1.82) is 10.5 Å². The first-order chi connectivity index (χ1) is 9.00. The molecule has 0 aliphatic heterocycles. The number of ketones is 1. The van der Waals surface area contributed by atoms with Gasteiger partial charge in [-0.1, -0.05) is 20.8 Å². The summed E-state index contributed by atoms with van der Waals surface area (Å²) in [4.78, 5) is 12.4. The van der Waals surface area contributed by atoms with Crippen molar-refractivity contribution in [3.05, 3.63) is 21.9 Å². The van der Waals surface area contributed by atoms with Crippen LogP contribution in [0.25, 0.3) is 0 Å². The van der Waals surface area contributed by atoms with Crippen LogP contribution in [0.4, 0.5) is 0 Å². The van der Waals surface area contributed by atoms with E-state index in [1.165, 1.54) is 11.3 Å². The molecule has 1 aromatic rings. The molecule has 19 heavy (non-hydrogen) atoms. The zero-order valence-corrected chi connectivity index (χ0v) is 12.4. The lowest BCUT2D eigenvalue weighted by molar-refractivity contribution is -0.119. The standard InChI is InChI=1S/C15H18N2OS/c1-4-13(18)5-6-15(10-17,11(2)3)14-7-12(8-16)9-19-14/h7,9,11H,4-6H2,1-3H3. The van der Waals surface area contributed by atoms with Crippen LogP contribution in [0, 0.1) is 28.6 Å². The predicted molar refractivity (Wildman–Crippen MR) is 75.7 cm³/mol. The number of carbonyl (C=O) groups excluding carboxylic acids is 1. The van der Waals surface area contributed by atoms with Crippen molar-refractivity contribution in [2.45, 2.75) is 45.4 Å². The summed E-state index contributed by atoms with van der Waals surface area (Å²) >= 11 is 1.44. The minimum atomic E-state index is -0.662. The Bertz CT molecular complexity index is 533. The predicted octanol–water partition coefficient (Wildman–Crippen LogP) is 3.80. The highest BCUT2D eigenvalue weighted by Gasteiger charge is 2.37. The molecule has 1 heterocycles. The van der Waals surface area contributed by atoms with Crippen molar-refractivity contribution < 1.29 is 4.79 Å². The Morgan fingerprint density at radius 3 is 2.58 bits per heavy atom. The number of thiophene rings is 1. The zero-order chi connectivity index (χ0) is 14.5. The molecule has 3 nitrogen and oxygen atoms in total. The number of nitrogens with zero attached hydrogens (tertiary/aromatic N) is 2. The Morgan fingerprint density at radius 1 is 1.47 bits per heavy atom. The van der Waals surface area contributed by atoms with Crippen LogP contribution < -0.4 is 0 Å². The molecule has 1 rings (SSSR count). The minimum Gasteiger partial charge on any atom is -0.300 e. The molecule has 0 radical (unpaired) electrons. The second-order valence-electron chi connectivity index (χ2n) is 4.94. The summed E-state index contributed by atoms with van der Waals surface area (Å²) in [7, 11) is 0. The molecule has 1 atom stereocenters. The van der Waals surface area contributed by atoms with E-state index < -0.39 is 5.41 Å². The second-order valence-corrected chi connectivity index (χ2v) is 5.85. The van der Waals surface area contributed by atoms with Crippen molar-refractivity contribution in [2.75, 3.05) is 0 Å². The van der Waals surface area contributed by atoms with E-state index in [9.17, 15) is 10.1 Å². The van der Waals surface area contributed by atoms with Crippen molar-refractivity contribution in [3.63, 3.8) is 0 Å². The first kappa shape index (κ1) is 15.4. The van der Waals surface area contributed by atoms with Gasteiger partial charge in [0.15, 0.2) is 0 Å². The summed E-state index contributed by atoms with van der Waals surface area (Å²) in [5.41, 5.74) is -0.0768. The average molecular weight is 274 g/mol. The molecule has 1 aromatic heterocycles. The fourth-order valence-corrected chi connectivity index (χ4v) is 3.24. The van der Waals surface area contributed by atoms with E-state index in [1.54, 1.807) is 11.4 Å². The smallest absolute Gasteiger partial charge is 0.132 e. The molecule has 0 aliphatic carbocycles. The van der Waals surface area contributed by atoms with Gasteiger partial charge in [-0.15, -0.1) is 11.3 Å². The number of hydrogen-bond acceptors (Lipinski definition) is 4. The van der Waals surface area contributed by atoms with Crippen LogP contribution >= 0.6 is 11.3 Å². The summed E-state index contributed by atoms with van der Waals surface area (Å²) < 4.78 is 0. The van der Waals surface area contributed by atoms with E-state index >= 15 is 0 Å². The van der Waals surface area contributed by atoms with Crippen molar-refractivity contribution in [2.24, 2.45) is 5.92 Å². The third-order valence-corrected chi connectivity index (χ3v) is 4.65. The molecule has 0 N–H and O–H groups in total. The molecular weight excluding hydrogens is 256 g/mol. The maximum absolute atomic E-state index is 11.5. The molecule has 0 saturated carbocycles. The Balaban J connectivity index is 3.10. The quantitative estimate of drug-likeness (QED) is 0.792. The highest BCUT2D eigenvalue weighted by atomic mass is 32.1. The normalized spacial score (nSPS) is 13.6. The van der Waals surface area contributed by atoms with Gasteiger partial charge in [0.1, 0.15) is 11.9 Å². The van der Waals surface area contributed by atoms with Crippen LogP contribution in [0.5, 0.6) is 0 Å². The monoisotopic (exact) mass is 274 g/mol. The van der Waals surface area contributed by atoms with Gasteiger partial charge in [0.2, 0.25) is 0 Å². The molecule has 4 heteroatoms. The Kier molecular flexibility index (Phi) is 5.27. The summed E-state index contributed by atoms with van der Waals surface area (Å²) in [5.74, 6) is 0.282.